The van der Waals surface area contributed by atoms with Gasteiger partial charge in [-0.3, -0.25) is 9.89 Å². The van der Waals surface area contributed by atoms with Crippen molar-refractivity contribution in [2.75, 3.05) is 0 Å². The molecule has 17 heavy (non-hydrogen) atoms. The number of nitrogens with zero attached hydrogens (tertiary/aromatic N) is 1. The van der Waals surface area contributed by atoms with Gasteiger partial charge in [0.15, 0.2) is 0 Å². The first-order valence-electron chi connectivity index (χ1n) is 5.55. The number of hydrogen-bond donors (Lipinski definition) is 2. The Morgan fingerprint density at radius 1 is 1.59 bits per heavy atom. The highest BCUT2D eigenvalue weighted by Crippen LogP contribution is 2.17. The van der Waals surface area contributed by atoms with E-state index in [2.05, 4.69) is 33.9 Å². The van der Waals surface area contributed by atoms with E-state index in [1.54, 1.807) is 17.5 Å². The molecule has 5 heteroatoms. The molecule has 2 N–H and O–H groups in total. The van der Waals surface area contributed by atoms with Gasteiger partial charge in [0.05, 0.1) is 18.3 Å². The number of aromatic nitrogens is 2. The molecule has 0 atom stereocenters. The van der Waals surface area contributed by atoms with Crippen molar-refractivity contribution in [1.82, 2.24) is 15.5 Å². The Bertz CT molecular complexity index is 515. The summed E-state index contributed by atoms with van der Waals surface area (Å²) in [6.45, 7) is 4.54. The standard InChI is InChI=1S/C12H15N3OS/c1-3-9-4-5-17-11(9)7-13-12(16)10-6-14-15-8(10)2/h4-6H,3,7H2,1-2H3,(H,13,16)(H,14,15). The Morgan fingerprint density at radius 2 is 2.41 bits per heavy atom. The normalized spacial score (nSPS) is 10.5. The summed E-state index contributed by atoms with van der Waals surface area (Å²) in [7, 11) is 0. The number of carbonyl (C=O) groups excluding carboxylic acids is 1. The van der Waals surface area contributed by atoms with Gasteiger partial charge in [-0.15, -0.1) is 11.3 Å². The third-order valence-electron chi connectivity index (χ3n) is 2.70. The van der Waals surface area contributed by atoms with Crippen LogP contribution in [0.25, 0.3) is 0 Å². The van der Waals surface area contributed by atoms with Crippen LogP contribution in [0.4, 0.5) is 0 Å². The number of thiophene rings is 1. The van der Waals surface area contributed by atoms with Crippen molar-refractivity contribution in [2.45, 2.75) is 26.8 Å². The highest BCUT2D eigenvalue weighted by Gasteiger charge is 2.11. The fourth-order valence-corrected chi connectivity index (χ4v) is 2.59. The van der Waals surface area contributed by atoms with Crippen LogP contribution in [0.3, 0.4) is 0 Å². The highest BCUT2D eigenvalue weighted by atomic mass is 32.1. The Kier molecular flexibility index (Phi) is 3.58. The van der Waals surface area contributed by atoms with Gasteiger partial charge in [-0.05, 0) is 30.4 Å². The van der Waals surface area contributed by atoms with E-state index in [1.807, 2.05) is 6.92 Å². The monoisotopic (exact) mass is 249 g/mol. The molecule has 0 aliphatic rings. The molecule has 0 saturated carbocycles. The van der Waals surface area contributed by atoms with E-state index in [1.165, 1.54) is 10.4 Å². The molecule has 0 fully saturated rings. The van der Waals surface area contributed by atoms with Crippen molar-refractivity contribution in [2.24, 2.45) is 0 Å². The van der Waals surface area contributed by atoms with E-state index >= 15 is 0 Å². The van der Waals surface area contributed by atoms with Crippen LogP contribution in [0.5, 0.6) is 0 Å². The molecule has 90 valence electrons. The zero-order valence-corrected chi connectivity index (χ0v) is 10.7. The zero-order valence-electron chi connectivity index (χ0n) is 9.91. The van der Waals surface area contributed by atoms with E-state index in [-0.39, 0.29) is 5.91 Å². The molecule has 0 spiro atoms. The molecule has 2 aromatic heterocycles. The molecule has 2 aromatic rings. The third-order valence-corrected chi connectivity index (χ3v) is 3.67. The smallest absolute Gasteiger partial charge is 0.255 e. The second-order valence-electron chi connectivity index (χ2n) is 3.81. The summed E-state index contributed by atoms with van der Waals surface area (Å²) in [5.74, 6) is -0.0771. The molecular weight excluding hydrogens is 234 g/mol. The van der Waals surface area contributed by atoms with Crippen LogP contribution in [0.2, 0.25) is 0 Å². The van der Waals surface area contributed by atoms with Gasteiger partial charge in [-0.1, -0.05) is 6.92 Å². The van der Waals surface area contributed by atoms with Gasteiger partial charge in [-0.25, -0.2) is 0 Å². The van der Waals surface area contributed by atoms with Crippen molar-refractivity contribution >= 4 is 17.2 Å². The van der Waals surface area contributed by atoms with E-state index in [4.69, 9.17) is 0 Å². The molecule has 1 amide bonds. The van der Waals surface area contributed by atoms with Crippen molar-refractivity contribution in [3.8, 4) is 0 Å². The number of aryl methyl sites for hydroxylation is 2. The quantitative estimate of drug-likeness (QED) is 0.873. The molecule has 0 aliphatic carbocycles. The first-order valence-corrected chi connectivity index (χ1v) is 6.43. The van der Waals surface area contributed by atoms with Crippen molar-refractivity contribution in [1.29, 1.82) is 0 Å². The predicted molar refractivity (Wildman–Crippen MR) is 68.2 cm³/mol. The number of amides is 1. The summed E-state index contributed by atoms with van der Waals surface area (Å²) >= 11 is 1.68. The van der Waals surface area contributed by atoms with Crippen LogP contribution in [-0.2, 0) is 13.0 Å². The number of carbonyl (C=O) groups is 1. The highest BCUT2D eigenvalue weighted by molar-refractivity contribution is 7.10. The molecule has 0 radical (unpaired) electrons. The van der Waals surface area contributed by atoms with E-state index in [9.17, 15) is 4.79 Å². The lowest BCUT2D eigenvalue weighted by Gasteiger charge is -2.04. The van der Waals surface area contributed by atoms with Crippen LogP contribution in [-0.4, -0.2) is 16.1 Å². The van der Waals surface area contributed by atoms with Gasteiger partial charge in [0, 0.05) is 10.6 Å². The topological polar surface area (TPSA) is 57.8 Å². The fourth-order valence-electron chi connectivity index (χ4n) is 1.67. The number of rotatable bonds is 4. The molecule has 4 nitrogen and oxygen atoms in total. The number of aromatic amines is 1. The van der Waals surface area contributed by atoms with E-state index in [0.717, 1.165) is 12.1 Å². The summed E-state index contributed by atoms with van der Waals surface area (Å²) < 4.78 is 0. The van der Waals surface area contributed by atoms with E-state index < -0.39 is 0 Å². The summed E-state index contributed by atoms with van der Waals surface area (Å²) in [5.41, 5.74) is 2.71. The van der Waals surface area contributed by atoms with Crippen molar-refractivity contribution in [3.63, 3.8) is 0 Å². The Labute approximate surface area is 104 Å². The van der Waals surface area contributed by atoms with Crippen LogP contribution >= 0.6 is 11.3 Å². The maximum Gasteiger partial charge on any atom is 0.255 e. The van der Waals surface area contributed by atoms with Gasteiger partial charge in [0.1, 0.15) is 0 Å². The molecule has 0 aromatic carbocycles. The average Bonchev–Trinajstić information content (AvgIpc) is 2.94. The number of nitrogens with one attached hydrogen (secondary N) is 2. The van der Waals surface area contributed by atoms with Crippen LogP contribution in [0.15, 0.2) is 17.6 Å². The second kappa shape index (κ2) is 5.14. The summed E-state index contributed by atoms with van der Waals surface area (Å²) in [6, 6.07) is 2.11. The summed E-state index contributed by atoms with van der Waals surface area (Å²) in [6.07, 6.45) is 2.55. The Balaban J connectivity index is 1.99. The largest absolute Gasteiger partial charge is 0.347 e. The minimum atomic E-state index is -0.0771. The van der Waals surface area contributed by atoms with Crippen molar-refractivity contribution in [3.05, 3.63) is 39.3 Å². The lowest BCUT2D eigenvalue weighted by molar-refractivity contribution is 0.0950. The average molecular weight is 249 g/mol. The van der Waals surface area contributed by atoms with Gasteiger partial charge in [-0.2, -0.15) is 5.10 Å². The molecule has 0 aliphatic heterocycles. The predicted octanol–water partition coefficient (Wildman–Crippen LogP) is 2.27. The second-order valence-corrected chi connectivity index (χ2v) is 4.81. The summed E-state index contributed by atoms with van der Waals surface area (Å²) in [5, 5.41) is 11.6. The van der Waals surface area contributed by atoms with Crippen LogP contribution < -0.4 is 5.32 Å². The minimum Gasteiger partial charge on any atom is -0.347 e. The fraction of sp³-hybridized carbons (Fsp3) is 0.333. The van der Waals surface area contributed by atoms with E-state index in [0.29, 0.717) is 12.1 Å². The lowest BCUT2D eigenvalue weighted by Crippen LogP contribution is -2.23. The first-order chi connectivity index (χ1) is 8.22. The molecular formula is C12H15N3OS. The SMILES string of the molecule is CCc1ccsc1CNC(=O)c1cn[nH]c1C. The zero-order chi connectivity index (χ0) is 12.3. The first kappa shape index (κ1) is 11.9. The Morgan fingerprint density at radius 3 is 3.06 bits per heavy atom. The van der Waals surface area contributed by atoms with Gasteiger partial charge < -0.3 is 5.32 Å². The van der Waals surface area contributed by atoms with Gasteiger partial charge >= 0.3 is 0 Å². The molecule has 0 unspecified atom stereocenters. The van der Waals surface area contributed by atoms with Crippen LogP contribution in [0.1, 0.15) is 33.4 Å². The van der Waals surface area contributed by atoms with Crippen LogP contribution in [0, 0.1) is 6.92 Å². The van der Waals surface area contributed by atoms with Gasteiger partial charge in [0.2, 0.25) is 0 Å². The Hall–Kier alpha value is -1.62. The van der Waals surface area contributed by atoms with Crippen molar-refractivity contribution < 1.29 is 4.79 Å². The lowest BCUT2D eigenvalue weighted by atomic mass is 10.2. The maximum absolute atomic E-state index is 11.9. The minimum absolute atomic E-state index is 0.0771. The number of H-pyrrole nitrogens is 1. The molecule has 2 rings (SSSR count). The van der Waals surface area contributed by atoms with Gasteiger partial charge in [0.25, 0.3) is 5.91 Å². The summed E-state index contributed by atoms with van der Waals surface area (Å²) in [4.78, 5) is 13.1. The molecule has 2 heterocycles. The molecule has 0 saturated heterocycles. The maximum atomic E-state index is 11.9. The number of hydrogen-bond acceptors (Lipinski definition) is 3. The molecule has 0 bridgehead atoms. The third kappa shape index (κ3) is 2.55.